The maximum absolute atomic E-state index is 10.7. The van der Waals surface area contributed by atoms with E-state index < -0.39 is 5.60 Å². The van der Waals surface area contributed by atoms with E-state index in [0.717, 1.165) is 5.56 Å². The Hall–Kier alpha value is -1.60. The van der Waals surface area contributed by atoms with Crippen molar-refractivity contribution in [1.29, 1.82) is 0 Å². The molecule has 88 valence electrons. The van der Waals surface area contributed by atoms with Crippen molar-refractivity contribution in [3.8, 4) is 0 Å². The van der Waals surface area contributed by atoms with Crippen LogP contribution in [-0.4, -0.2) is 5.11 Å². The monoisotopic (exact) mass is 226 g/mol. The summed E-state index contributed by atoms with van der Waals surface area (Å²) in [6.45, 7) is 2.02. The molecule has 0 aromatic heterocycles. The van der Waals surface area contributed by atoms with E-state index in [2.05, 4.69) is 12.1 Å². The Bertz CT molecular complexity index is 449. The van der Waals surface area contributed by atoms with Crippen LogP contribution in [0.5, 0.6) is 0 Å². The third-order valence-electron chi connectivity index (χ3n) is 3.24. The highest BCUT2D eigenvalue weighted by atomic mass is 16.3. The minimum Gasteiger partial charge on any atom is -0.385 e. The van der Waals surface area contributed by atoms with Crippen LogP contribution in [0.25, 0.3) is 0 Å². The summed E-state index contributed by atoms with van der Waals surface area (Å²) in [6.07, 6.45) is 1.38. The smallest absolute Gasteiger partial charge is 0.0934 e. The van der Waals surface area contributed by atoms with E-state index in [1.165, 1.54) is 5.56 Å². The highest BCUT2D eigenvalue weighted by Crippen LogP contribution is 2.28. The molecule has 0 unspecified atom stereocenters. The van der Waals surface area contributed by atoms with Crippen molar-refractivity contribution >= 4 is 0 Å². The summed E-state index contributed by atoms with van der Waals surface area (Å²) >= 11 is 0. The third kappa shape index (κ3) is 2.75. The van der Waals surface area contributed by atoms with Gasteiger partial charge in [0.05, 0.1) is 5.60 Å². The van der Waals surface area contributed by atoms with E-state index in [-0.39, 0.29) is 0 Å². The van der Waals surface area contributed by atoms with Crippen LogP contribution >= 0.6 is 0 Å². The van der Waals surface area contributed by atoms with Crippen molar-refractivity contribution in [3.05, 3.63) is 71.8 Å². The summed E-state index contributed by atoms with van der Waals surface area (Å²) in [6, 6.07) is 20.0. The fourth-order valence-electron chi connectivity index (χ4n) is 2.11. The fourth-order valence-corrected chi connectivity index (χ4v) is 2.11. The molecule has 0 radical (unpaired) electrons. The minimum absolute atomic E-state index is 0.661. The number of benzene rings is 2. The molecule has 0 saturated carbocycles. The van der Waals surface area contributed by atoms with Crippen LogP contribution in [-0.2, 0) is 12.0 Å². The molecule has 17 heavy (non-hydrogen) atoms. The van der Waals surface area contributed by atoms with E-state index in [4.69, 9.17) is 0 Å². The first kappa shape index (κ1) is 11.9. The highest BCUT2D eigenvalue weighted by molar-refractivity contribution is 5.26. The van der Waals surface area contributed by atoms with Crippen LogP contribution in [0.1, 0.15) is 24.5 Å². The first-order valence-corrected chi connectivity index (χ1v) is 6.06. The average Bonchev–Trinajstić information content (AvgIpc) is 2.41. The van der Waals surface area contributed by atoms with Gasteiger partial charge in [0.1, 0.15) is 0 Å². The lowest BCUT2D eigenvalue weighted by atomic mass is 9.85. The van der Waals surface area contributed by atoms with Crippen molar-refractivity contribution in [2.45, 2.75) is 25.4 Å². The van der Waals surface area contributed by atoms with Crippen LogP contribution in [0.4, 0.5) is 0 Å². The molecule has 0 spiro atoms. The second-order valence-corrected chi connectivity index (χ2v) is 4.41. The molecule has 2 rings (SSSR count). The van der Waals surface area contributed by atoms with Crippen molar-refractivity contribution < 1.29 is 5.11 Å². The number of hydrogen-bond donors (Lipinski definition) is 1. The normalized spacial score (nSPS) is 14.2. The second kappa shape index (κ2) is 5.15. The van der Waals surface area contributed by atoms with Crippen LogP contribution in [0.3, 0.4) is 0 Å². The summed E-state index contributed by atoms with van der Waals surface area (Å²) in [5.41, 5.74) is 1.40. The molecule has 1 atom stereocenters. The summed E-state index contributed by atoms with van der Waals surface area (Å²) in [5, 5.41) is 10.7. The molecule has 1 nitrogen and oxygen atoms in total. The molecular formula is C16H18O. The molecule has 2 aromatic rings. The van der Waals surface area contributed by atoms with Crippen molar-refractivity contribution in [2.75, 3.05) is 0 Å². The van der Waals surface area contributed by atoms with Gasteiger partial charge in [-0.3, -0.25) is 0 Å². The van der Waals surface area contributed by atoms with Crippen molar-refractivity contribution in [1.82, 2.24) is 0 Å². The lowest BCUT2D eigenvalue weighted by Gasteiger charge is -2.27. The van der Waals surface area contributed by atoms with E-state index in [9.17, 15) is 5.11 Å². The van der Waals surface area contributed by atoms with Gasteiger partial charge in [-0.15, -0.1) is 0 Å². The average molecular weight is 226 g/mol. The number of aliphatic hydroxyl groups is 1. The third-order valence-corrected chi connectivity index (χ3v) is 3.24. The van der Waals surface area contributed by atoms with Crippen LogP contribution in [0.15, 0.2) is 60.7 Å². The van der Waals surface area contributed by atoms with E-state index >= 15 is 0 Å². The molecule has 0 saturated heterocycles. The van der Waals surface area contributed by atoms with Gasteiger partial charge in [-0.2, -0.15) is 0 Å². The zero-order valence-electron chi connectivity index (χ0n) is 10.1. The topological polar surface area (TPSA) is 20.2 Å². The minimum atomic E-state index is -0.761. The first-order chi connectivity index (χ1) is 8.24. The summed E-state index contributed by atoms with van der Waals surface area (Å²) in [4.78, 5) is 0. The molecule has 0 bridgehead atoms. The van der Waals surface area contributed by atoms with Gasteiger partial charge >= 0.3 is 0 Å². The van der Waals surface area contributed by atoms with Crippen LogP contribution in [0.2, 0.25) is 0 Å². The highest BCUT2D eigenvalue weighted by Gasteiger charge is 2.26. The quantitative estimate of drug-likeness (QED) is 0.845. The SMILES string of the molecule is CC[C@](O)(Cc1ccccc1)c1ccccc1. The largest absolute Gasteiger partial charge is 0.385 e. The van der Waals surface area contributed by atoms with Crippen LogP contribution < -0.4 is 0 Å². The van der Waals surface area contributed by atoms with Crippen molar-refractivity contribution in [2.24, 2.45) is 0 Å². The van der Waals surface area contributed by atoms with E-state index in [1.807, 2.05) is 55.5 Å². The zero-order valence-corrected chi connectivity index (χ0v) is 10.1. The Morgan fingerprint density at radius 2 is 1.41 bits per heavy atom. The molecule has 0 heterocycles. The van der Waals surface area contributed by atoms with E-state index in [1.54, 1.807) is 0 Å². The Balaban J connectivity index is 2.27. The first-order valence-electron chi connectivity index (χ1n) is 6.06. The maximum Gasteiger partial charge on any atom is 0.0934 e. The molecule has 2 aromatic carbocycles. The molecule has 1 heteroatoms. The van der Waals surface area contributed by atoms with Gasteiger partial charge < -0.3 is 5.11 Å². The van der Waals surface area contributed by atoms with Gasteiger partial charge in [-0.1, -0.05) is 67.6 Å². The molecule has 0 aliphatic rings. The number of hydrogen-bond acceptors (Lipinski definition) is 1. The fraction of sp³-hybridized carbons (Fsp3) is 0.250. The molecule has 1 N–H and O–H groups in total. The summed E-state index contributed by atoms with van der Waals surface area (Å²) in [7, 11) is 0. The van der Waals surface area contributed by atoms with Crippen LogP contribution in [0, 0.1) is 0 Å². The molecule has 0 fully saturated rings. The molecular weight excluding hydrogens is 208 g/mol. The van der Waals surface area contributed by atoms with Crippen molar-refractivity contribution in [3.63, 3.8) is 0 Å². The summed E-state index contributed by atoms with van der Waals surface area (Å²) < 4.78 is 0. The Labute approximate surface area is 103 Å². The van der Waals surface area contributed by atoms with Gasteiger partial charge in [0.15, 0.2) is 0 Å². The van der Waals surface area contributed by atoms with Gasteiger partial charge in [0, 0.05) is 6.42 Å². The Morgan fingerprint density at radius 3 is 1.94 bits per heavy atom. The van der Waals surface area contributed by atoms with Gasteiger partial charge in [0.25, 0.3) is 0 Å². The predicted molar refractivity (Wildman–Crippen MR) is 70.8 cm³/mol. The lowest BCUT2D eigenvalue weighted by molar-refractivity contribution is 0.0327. The van der Waals surface area contributed by atoms with E-state index in [0.29, 0.717) is 12.8 Å². The van der Waals surface area contributed by atoms with Gasteiger partial charge in [-0.05, 0) is 17.5 Å². The zero-order chi connectivity index (χ0) is 12.1. The standard InChI is InChI=1S/C16H18O/c1-2-16(17,15-11-7-4-8-12-15)13-14-9-5-3-6-10-14/h3-12,17H,2,13H2,1H3/t16-/m0/s1. The Kier molecular flexibility index (Phi) is 3.60. The molecule has 0 amide bonds. The van der Waals surface area contributed by atoms with Gasteiger partial charge in [-0.25, -0.2) is 0 Å². The predicted octanol–water partition coefficient (Wildman–Crippen LogP) is 3.53. The van der Waals surface area contributed by atoms with Gasteiger partial charge in [0.2, 0.25) is 0 Å². The second-order valence-electron chi connectivity index (χ2n) is 4.41. The lowest BCUT2D eigenvalue weighted by Crippen LogP contribution is -2.27. The number of rotatable bonds is 4. The molecule has 0 aliphatic carbocycles. The Morgan fingerprint density at radius 1 is 0.882 bits per heavy atom. The molecule has 0 aliphatic heterocycles. The summed E-state index contributed by atoms with van der Waals surface area (Å²) in [5.74, 6) is 0. The maximum atomic E-state index is 10.7.